The second kappa shape index (κ2) is 7.21. The molecule has 5 nitrogen and oxygen atoms in total. The predicted molar refractivity (Wildman–Crippen MR) is 106 cm³/mol. The zero-order valence-electron chi connectivity index (χ0n) is 16.5. The van der Waals surface area contributed by atoms with Crippen molar-refractivity contribution < 1.29 is 18.9 Å². The molecule has 0 radical (unpaired) electrons. The SMILES string of the molecule is COc1ccc([C@H]2c3cc4c(cc3O[C@H](N3CCCCC3)[C@H]2C)OCO4)cc1. The van der Waals surface area contributed by atoms with E-state index in [4.69, 9.17) is 18.9 Å². The van der Waals surface area contributed by atoms with Crippen LogP contribution in [0.25, 0.3) is 0 Å². The lowest BCUT2D eigenvalue weighted by atomic mass is 9.78. The molecule has 0 amide bonds. The zero-order valence-corrected chi connectivity index (χ0v) is 16.5. The van der Waals surface area contributed by atoms with Crippen LogP contribution < -0.4 is 18.9 Å². The van der Waals surface area contributed by atoms with Crippen molar-refractivity contribution in [1.82, 2.24) is 4.90 Å². The predicted octanol–water partition coefficient (Wildman–Crippen LogP) is 4.40. The number of piperidine rings is 1. The summed E-state index contributed by atoms with van der Waals surface area (Å²) in [6, 6.07) is 12.5. The third-order valence-electron chi connectivity index (χ3n) is 6.29. The van der Waals surface area contributed by atoms with Crippen LogP contribution >= 0.6 is 0 Å². The first-order chi connectivity index (χ1) is 13.7. The van der Waals surface area contributed by atoms with Gasteiger partial charge in [0.05, 0.1) is 7.11 Å². The van der Waals surface area contributed by atoms with Gasteiger partial charge in [-0.1, -0.05) is 25.5 Å². The third-order valence-corrected chi connectivity index (χ3v) is 6.29. The van der Waals surface area contributed by atoms with Crippen LogP contribution in [0.4, 0.5) is 0 Å². The highest BCUT2D eigenvalue weighted by molar-refractivity contribution is 5.56. The van der Waals surface area contributed by atoms with Crippen LogP contribution in [0, 0.1) is 5.92 Å². The van der Waals surface area contributed by atoms with Crippen molar-refractivity contribution in [3.8, 4) is 23.0 Å². The minimum Gasteiger partial charge on any atom is -0.497 e. The van der Waals surface area contributed by atoms with Gasteiger partial charge in [-0.05, 0) is 36.6 Å². The fourth-order valence-electron chi connectivity index (χ4n) is 4.84. The summed E-state index contributed by atoms with van der Waals surface area (Å²) >= 11 is 0. The van der Waals surface area contributed by atoms with Crippen molar-refractivity contribution in [2.24, 2.45) is 5.92 Å². The van der Waals surface area contributed by atoms with Crippen molar-refractivity contribution in [3.63, 3.8) is 0 Å². The first kappa shape index (κ1) is 17.7. The number of methoxy groups -OCH3 is 1. The number of rotatable bonds is 3. The van der Waals surface area contributed by atoms with Crippen LogP contribution in [0.3, 0.4) is 0 Å². The Morgan fingerprint density at radius 1 is 0.929 bits per heavy atom. The number of benzene rings is 2. The molecule has 1 fully saturated rings. The second-order valence-electron chi connectivity index (χ2n) is 7.96. The molecule has 0 N–H and O–H groups in total. The van der Waals surface area contributed by atoms with Crippen LogP contribution in [-0.2, 0) is 0 Å². The molecule has 3 aliphatic rings. The standard InChI is InChI=1S/C23H27NO4/c1-15-22(16-6-8-17(25-2)9-7-16)18-12-20-21(27-14-26-20)13-19(18)28-23(15)24-10-4-3-5-11-24/h6-9,12-13,15,22-23H,3-5,10-11,14H2,1-2H3/t15-,22-,23-/m0/s1. The van der Waals surface area contributed by atoms with Crippen molar-refractivity contribution in [3.05, 3.63) is 47.5 Å². The van der Waals surface area contributed by atoms with Crippen molar-refractivity contribution in [2.45, 2.75) is 38.3 Å². The summed E-state index contributed by atoms with van der Waals surface area (Å²) in [6.45, 7) is 4.78. The highest BCUT2D eigenvalue weighted by atomic mass is 16.7. The molecule has 2 aromatic rings. The van der Waals surface area contributed by atoms with E-state index in [1.165, 1.54) is 30.4 Å². The van der Waals surface area contributed by atoms with Gasteiger partial charge < -0.3 is 18.9 Å². The largest absolute Gasteiger partial charge is 0.497 e. The lowest BCUT2D eigenvalue weighted by molar-refractivity contribution is -0.0403. The zero-order chi connectivity index (χ0) is 19.1. The summed E-state index contributed by atoms with van der Waals surface area (Å²) in [5.74, 6) is 3.93. The van der Waals surface area contributed by atoms with Gasteiger partial charge in [0.1, 0.15) is 11.5 Å². The van der Waals surface area contributed by atoms with E-state index < -0.39 is 0 Å². The summed E-state index contributed by atoms with van der Waals surface area (Å²) in [5, 5.41) is 0. The van der Waals surface area contributed by atoms with Crippen LogP contribution in [0.1, 0.15) is 43.2 Å². The Bertz CT molecular complexity index is 844. The quantitative estimate of drug-likeness (QED) is 0.788. The fraction of sp³-hybridized carbons (Fsp3) is 0.478. The molecular formula is C23H27NO4. The molecule has 0 bridgehead atoms. The Labute approximate surface area is 166 Å². The summed E-state index contributed by atoms with van der Waals surface area (Å²) < 4.78 is 23.2. The number of fused-ring (bicyclic) bond motifs is 2. The average molecular weight is 381 g/mol. The van der Waals surface area contributed by atoms with E-state index in [0.717, 1.165) is 36.1 Å². The lowest BCUT2D eigenvalue weighted by Crippen LogP contribution is -2.50. The number of nitrogens with zero attached hydrogens (tertiary/aromatic N) is 1. The molecule has 3 heterocycles. The minimum atomic E-state index is 0.0697. The minimum absolute atomic E-state index is 0.0697. The molecule has 0 saturated carbocycles. The van der Waals surface area contributed by atoms with Crippen molar-refractivity contribution >= 4 is 0 Å². The maximum absolute atomic E-state index is 6.57. The summed E-state index contributed by atoms with van der Waals surface area (Å²) in [4.78, 5) is 2.51. The summed E-state index contributed by atoms with van der Waals surface area (Å²) in [5.41, 5.74) is 2.45. The number of likely N-dealkylation sites (tertiary alicyclic amines) is 1. The third kappa shape index (κ3) is 2.98. The van der Waals surface area contributed by atoms with Crippen LogP contribution in [0.5, 0.6) is 23.0 Å². The summed E-state index contributed by atoms with van der Waals surface area (Å²) in [6.07, 6.45) is 3.87. The molecule has 1 saturated heterocycles. The molecule has 28 heavy (non-hydrogen) atoms. The molecule has 0 aromatic heterocycles. The van der Waals surface area contributed by atoms with E-state index in [1.54, 1.807) is 7.11 Å². The number of hydrogen-bond acceptors (Lipinski definition) is 5. The molecule has 3 aliphatic heterocycles. The van der Waals surface area contributed by atoms with Gasteiger partial charge in [0.2, 0.25) is 6.79 Å². The first-order valence-corrected chi connectivity index (χ1v) is 10.2. The highest BCUT2D eigenvalue weighted by Crippen LogP contribution is 2.50. The maximum Gasteiger partial charge on any atom is 0.231 e. The van der Waals surface area contributed by atoms with Crippen molar-refractivity contribution in [1.29, 1.82) is 0 Å². The van der Waals surface area contributed by atoms with E-state index in [1.807, 2.05) is 18.2 Å². The monoisotopic (exact) mass is 381 g/mol. The molecule has 0 spiro atoms. The summed E-state index contributed by atoms with van der Waals surface area (Å²) in [7, 11) is 1.70. The number of hydrogen-bond donors (Lipinski definition) is 0. The molecule has 2 aromatic carbocycles. The molecule has 5 heteroatoms. The van der Waals surface area contributed by atoms with Gasteiger partial charge in [0.25, 0.3) is 0 Å². The van der Waals surface area contributed by atoms with Gasteiger partial charge in [0.15, 0.2) is 17.7 Å². The lowest BCUT2D eigenvalue weighted by Gasteiger charge is -2.44. The van der Waals surface area contributed by atoms with E-state index in [2.05, 4.69) is 30.0 Å². The van der Waals surface area contributed by atoms with Gasteiger partial charge in [-0.15, -0.1) is 0 Å². The molecule has 148 valence electrons. The van der Waals surface area contributed by atoms with Gasteiger partial charge in [-0.3, -0.25) is 4.90 Å². The van der Waals surface area contributed by atoms with Gasteiger partial charge in [-0.25, -0.2) is 0 Å². The van der Waals surface area contributed by atoms with Crippen LogP contribution in [-0.4, -0.2) is 38.1 Å². The van der Waals surface area contributed by atoms with E-state index in [-0.39, 0.29) is 18.9 Å². The van der Waals surface area contributed by atoms with Gasteiger partial charge in [0, 0.05) is 36.6 Å². The fourth-order valence-corrected chi connectivity index (χ4v) is 4.84. The van der Waals surface area contributed by atoms with Crippen LogP contribution in [0.2, 0.25) is 0 Å². The Hall–Kier alpha value is -2.40. The molecule has 0 unspecified atom stereocenters. The van der Waals surface area contributed by atoms with E-state index >= 15 is 0 Å². The smallest absolute Gasteiger partial charge is 0.231 e. The van der Waals surface area contributed by atoms with Crippen molar-refractivity contribution in [2.75, 3.05) is 27.0 Å². The highest BCUT2D eigenvalue weighted by Gasteiger charge is 2.41. The first-order valence-electron chi connectivity index (χ1n) is 10.2. The molecule has 5 rings (SSSR count). The average Bonchev–Trinajstić information content (AvgIpc) is 3.20. The van der Waals surface area contributed by atoms with Crippen LogP contribution in [0.15, 0.2) is 36.4 Å². The van der Waals surface area contributed by atoms with Gasteiger partial charge in [-0.2, -0.15) is 0 Å². The van der Waals surface area contributed by atoms with E-state index in [9.17, 15) is 0 Å². The van der Waals surface area contributed by atoms with E-state index in [0.29, 0.717) is 5.92 Å². The molecule has 3 atom stereocenters. The Morgan fingerprint density at radius 2 is 1.64 bits per heavy atom. The topological polar surface area (TPSA) is 40.2 Å². The second-order valence-corrected chi connectivity index (χ2v) is 7.96. The number of ether oxygens (including phenoxy) is 4. The molecular weight excluding hydrogens is 354 g/mol. The normalized spacial score (nSPS) is 26.4. The Balaban J connectivity index is 1.58. The Morgan fingerprint density at radius 3 is 2.36 bits per heavy atom. The maximum atomic E-state index is 6.57. The molecule has 0 aliphatic carbocycles. The van der Waals surface area contributed by atoms with Gasteiger partial charge >= 0.3 is 0 Å². The Kier molecular flexibility index (Phi) is 4.55.